The van der Waals surface area contributed by atoms with Crippen LogP contribution in [0.2, 0.25) is 0 Å². The predicted molar refractivity (Wildman–Crippen MR) is 107 cm³/mol. The van der Waals surface area contributed by atoms with Crippen LogP contribution in [0.4, 0.5) is 0 Å². The zero-order valence-electron chi connectivity index (χ0n) is 15.6. The van der Waals surface area contributed by atoms with E-state index in [0.29, 0.717) is 12.1 Å². The molecule has 3 rings (SSSR count). The number of carbonyl (C=O) groups excluding carboxylic acids is 2. The largest absolute Gasteiger partial charge is 0.454 e. The van der Waals surface area contributed by atoms with E-state index in [0.717, 1.165) is 12.8 Å². The van der Waals surface area contributed by atoms with Gasteiger partial charge in [0, 0.05) is 12.1 Å². The molecule has 0 aliphatic carbocycles. The number of carbonyl (C=O) groups is 2. The van der Waals surface area contributed by atoms with Gasteiger partial charge in [-0.1, -0.05) is 42.5 Å². The number of aryl methyl sites for hydroxylation is 1. The lowest BCUT2D eigenvalue weighted by Gasteiger charge is -2.06. The molecular formula is C20H21N3O5S. The van der Waals surface area contributed by atoms with Crippen LogP contribution in [0.5, 0.6) is 0 Å². The Kier molecular flexibility index (Phi) is 6.61. The second kappa shape index (κ2) is 9.33. The third-order valence-corrected chi connectivity index (χ3v) is 5.60. The van der Waals surface area contributed by atoms with Crippen molar-refractivity contribution in [3.8, 4) is 0 Å². The first kappa shape index (κ1) is 20.5. The van der Waals surface area contributed by atoms with Crippen molar-refractivity contribution in [2.75, 3.05) is 19.7 Å². The number of ether oxygens (including phenoxy) is 1. The summed E-state index contributed by atoms with van der Waals surface area (Å²) in [5.74, 6) is -1.03. The molecule has 0 fully saturated rings. The molecule has 0 radical (unpaired) electrons. The van der Waals surface area contributed by atoms with Gasteiger partial charge in [-0.05, 0) is 30.5 Å². The molecule has 152 valence electrons. The summed E-state index contributed by atoms with van der Waals surface area (Å²) in [4.78, 5) is 27.6. The summed E-state index contributed by atoms with van der Waals surface area (Å²) in [7, 11) is -3.66. The number of sulfonamides is 1. The number of esters is 1. The first-order valence-corrected chi connectivity index (χ1v) is 10.6. The lowest BCUT2D eigenvalue weighted by atomic mass is 10.1. The molecule has 0 aromatic heterocycles. The minimum atomic E-state index is -3.66. The van der Waals surface area contributed by atoms with Crippen molar-refractivity contribution >= 4 is 27.7 Å². The third-order valence-electron chi connectivity index (χ3n) is 4.20. The molecule has 1 aliphatic rings. The van der Waals surface area contributed by atoms with Crippen molar-refractivity contribution in [3.05, 3.63) is 65.7 Å². The van der Waals surface area contributed by atoms with Crippen molar-refractivity contribution < 1.29 is 22.7 Å². The normalized spacial score (nSPS) is 15.4. The van der Waals surface area contributed by atoms with Gasteiger partial charge in [-0.25, -0.2) is 8.42 Å². The maximum Gasteiger partial charge on any atom is 0.328 e. The van der Waals surface area contributed by atoms with E-state index in [2.05, 4.69) is 15.0 Å². The van der Waals surface area contributed by atoms with E-state index < -0.39 is 35.1 Å². The Morgan fingerprint density at radius 3 is 2.55 bits per heavy atom. The quantitative estimate of drug-likeness (QED) is 0.494. The molecule has 2 N–H and O–H groups in total. The van der Waals surface area contributed by atoms with Gasteiger partial charge in [0.25, 0.3) is 15.9 Å². The summed E-state index contributed by atoms with van der Waals surface area (Å²) in [6.45, 7) is -0.322. The molecule has 2 aromatic rings. The van der Waals surface area contributed by atoms with Gasteiger partial charge in [0.05, 0.1) is 4.90 Å². The summed E-state index contributed by atoms with van der Waals surface area (Å²) < 4.78 is 31.1. The molecule has 0 atom stereocenters. The van der Waals surface area contributed by atoms with Gasteiger partial charge in [0.1, 0.15) is 12.4 Å². The number of aliphatic imine (C=N–C) groups is 1. The third kappa shape index (κ3) is 5.64. The average Bonchev–Trinajstić information content (AvgIpc) is 2.99. The van der Waals surface area contributed by atoms with E-state index in [1.807, 2.05) is 30.3 Å². The Balaban J connectivity index is 1.39. The molecule has 1 amide bonds. The fraction of sp³-hybridized carbons (Fsp3) is 0.250. The summed E-state index contributed by atoms with van der Waals surface area (Å²) >= 11 is 0. The Hall–Kier alpha value is -3.20. The number of hydrogen-bond donors (Lipinski definition) is 2. The van der Waals surface area contributed by atoms with Gasteiger partial charge in [0.15, 0.2) is 6.61 Å². The monoisotopic (exact) mass is 415 g/mol. The van der Waals surface area contributed by atoms with Crippen LogP contribution in [-0.2, 0) is 30.8 Å². The molecule has 9 heteroatoms. The highest BCUT2D eigenvalue weighted by atomic mass is 32.2. The predicted octanol–water partition coefficient (Wildman–Crippen LogP) is 1.02. The fourth-order valence-electron chi connectivity index (χ4n) is 2.80. The summed E-state index contributed by atoms with van der Waals surface area (Å²) in [5.41, 5.74) is 1.59. The first-order valence-electron chi connectivity index (χ1n) is 9.08. The van der Waals surface area contributed by atoms with Crippen LogP contribution in [0.15, 0.2) is 64.5 Å². The second-order valence-corrected chi connectivity index (χ2v) is 8.02. The Bertz CT molecular complexity index is 1020. The maximum atomic E-state index is 12.0. The highest BCUT2D eigenvalue weighted by molar-refractivity contribution is 7.90. The minimum Gasteiger partial charge on any atom is -0.454 e. The highest BCUT2D eigenvalue weighted by Crippen LogP contribution is 2.21. The topological polar surface area (TPSA) is 114 Å². The van der Waals surface area contributed by atoms with Crippen LogP contribution in [0.1, 0.15) is 17.5 Å². The molecule has 0 bridgehead atoms. The number of nitrogens with one attached hydrogen (secondary N) is 2. The number of benzene rings is 2. The maximum absolute atomic E-state index is 12.0. The summed E-state index contributed by atoms with van der Waals surface area (Å²) in [6.07, 6.45) is 1.62. The van der Waals surface area contributed by atoms with E-state index in [4.69, 9.17) is 4.74 Å². The van der Waals surface area contributed by atoms with Crippen molar-refractivity contribution in [2.45, 2.75) is 17.7 Å². The SMILES string of the molecule is O=C(COC(=O)CN=C1NS(=O)(=O)c2ccccc21)NCCCc1ccccc1. The van der Waals surface area contributed by atoms with Crippen LogP contribution < -0.4 is 10.0 Å². The molecule has 0 spiro atoms. The Morgan fingerprint density at radius 1 is 1.03 bits per heavy atom. The Labute approximate surface area is 169 Å². The number of rotatable bonds is 8. The van der Waals surface area contributed by atoms with E-state index in [9.17, 15) is 18.0 Å². The van der Waals surface area contributed by atoms with Gasteiger partial charge in [-0.3, -0.25) is 19.3 Å². The molecule has 29 heavy (non-hydrogen) atoms. The molecule has 0 unspecified atom stereocenters. The van der Waals surface area contributed by atoms with E-state index in [1.54, 1.807) is 18.2 Å². The minimum absolute atomic E-state index is 0.0860. The lowest BCUT2D eigenvalue weighted by Crippen LogP contribution is -2.30. The van der Waals surface area contributed by atoms with Gasteiger partial charge >= 0.3 is 5.97 Å². The van der Waals surface area contributed by atoms with Crippen molar-refractivity contribution in [1.82, 2.24) is 10.0 Å². The number of nitrogens with zero attached hydrogens (tertiary/aromatic N) is 1. The number of hydrogen-bond acceptors (Lipinski definition) is 6. The molecule has 0 saturated carbocycles. The zero-order chi connectivity index (χ0) is 20.7. The van der Waals surface area contributed by atoms with Crippen molar-refractivity contribution in [1.29, 1.82) is 0 Å². The molecule has 1 heterocycles. The van der Waals surface area contributed by atoms with Crippen molar-refractivity contribution in [3.63, 3.8) is 0 Å². The van der Waals surface area contributed by atoms with Crippen LogP contribution in [0.25, 0.3) is 0 Å². The van der Waals surface area contributed by atoms with Crippen LogP contribution in [0.3, 0.4) is 0 Å². The van der Waals surface area contributed by atoms with E-state index >= 15 is 0 Å². The lowest BCUT2D eigenvalue weighted by molar-refractivity contribution is -0.147. The van der Waals surface area contributed by atoms with Gasteiger partial charge in [0.2, 0.25) is 0 Å². The molecular weight excluding hydrogens is 394 g/mol. The second-order valence-electron chi connectivity index (χ2n) is 6.37. The standard InChI is InChI=1S/C20H21N3O5S/c24-18(21-12-6-9-15-7-2-1-3-8-15)14-28-19(25)13-22-20-16-10-4-5-11-17(16)29(26,27)23-20/h1-5,7-8,10-11H,6,9,12-14H2,(H,21,24)(H,22,23). The van der Waals surface area contributed by atoms with Gasteiger partial charge in [-0.2, -0.15) is 0 Å². The fourth-order valence-corrected chi connectivity index (χ4v) is 4.05. The summed E-state index contributed by atoms with van der Waals surface area (Å²) in [5, 5.41) is 2.69. The van der Waals surface area contributed by atoms with Crippen LogP contribution >= 0.6 is 0 Å². The highest BCUT2D eigenvalue weighted by Gasteiger charge is 2.30. The Morgan fingerprint density at radius 2 is 1.76 bits per heavy atom. The molecule has 0 saturated heterocycles. The van der Waals surface area contributed by atoms with Crippen LogP contribution in [-0.4, -0.2) is 45.8 Å². The molecule has 2 aromatic carbocycles. The average molecular weight is 415 g/mol. The number of amides is 1. The molecule has 1 aliphatic heterocycles. The number of fused-ring (bicyclic) bond motifs is 1. The van der Waals surface area contributed by atoms with Crippen molar-refractivity contribution in [2.24, 2.45) is 4.99 Å². The van der Waals surface area contributed by atoms with Gasteiger partial charge in [-0.15, -0.1) is 0 Å². The zero-order valence-corrected chi connectivity index (χ0v) is 16.4. The first-order chi connectivity index (χ1) is 14.0. The smallest absolute Gasteiger partial charge is 0.328 e. The van der Waals surface area contributed by atoms with Crippen LogP contribution in [0, 0.1) is 0 Å². The van der Waals surface area contributed by atoms with E-state index in [-0.39, 0.29) is 10.7 Å². The summed E-state index contributed by atoms with van der Waals surface area (Å²) in [6, 6.07) is 16.3. The number of amidine groups is 1. The van der Waals surface area contributed by atoms with E-state index in [1.165, 1.54) is 11.6 Å². The van der Waals surface area contributed by atoms with Gasteiger partial charge < -0.3 is 10.1 Å². The molecule has 8 nitrogen and oxygen atoms in total.